The number of pyridine rings is 1. The maximum Gasteiger partial charge on any atom is 0.258 e. The van der Waals surface area contributed by atoms with Crippen LogP contribution in [0, 0.1) is 5.82 Å². The maximum absolute atomic E-state index is 13.4. The third-order valence-corrected chi connectivity index (χ3v) is 6.24. The van der Waals surface area contributed by atoms with Gasteiger partial charge in [0.25, 0.3) is 15.6 Å². The summed E-state index contributed by atoms with van der Waals surface area (Å²) in [5.74, 6) is -0.313. The molecule has 162 valence electrons. The summed E-state index contributed by atoms with van der Waals surface area (Å²) in [6, 6.07) is 18.8. The molecule has 0 fully saturated rings. The number of rotatable bonds is 6. The molecule has 0 saturated heterocycles. The van der Waals surface area contributed by atoms with Gasteiger partial charge in [0.2, 0.25) is 0 Å². The first kappa shape index (κ1) is 21.5. The van der Waals surface area contributed by atoms with E-state index in [1.165, 1.54) is 16.7 Å². The minimum Gasteiger partial charge on any atom is -0.317 e. The van der Waals surface area contributed by atoms with Crippen molar-refractivity contribution in [2.24, 2.45) is 7.05 Å². The van der Waals surface area contributed by atoms with E-state index >= 15 is 0 Å². The average Bonchev–Trinajstić information content (AvgIpc) is 2.78. The molecule has 0 aliphatic rings. The zero-order chi connectivity index (χ0) is 22.9. The predicted molar refractivity (Wildman–Crippen MR) is 127 cm³/mol. The Balaban J connectivity index is 1.94. The maximum atomic E-state index is 13.4. The Labute approximate surface area is 185 Å². The van der Waals surface area contributed by atoms with Crippen molar-refractivity contribution in [1.82, 2.24) is 4.57 Å². The standard InChI is InChI=1S/C25H21FN2O3S/c1-3-32(30,31)27-20-13-10-18(14-17-8-11-19(26)12-9-17)23(15-20)24-16-28(2)25(29)22-7-5-4-6-21(22)24/h3-13,15-16,27H,1,14H2,2H3. The molecule has 0 atom stereocenters. The van der Waals surface area contributed by atoms with Crippen molar-refractivity contribution in [1.29, 1.82) is 0 Å². The van der Waals surface area contributed by atoms with E-state index in [4.69, 9.17) is 0 Å². The number of hydrogen-bond donors (Lipinski definition) is 1. The second kappa shape index (κ2) is 8.43. The Hall–Kier alpha value is -3.71. The molecule has 7 heteroatoms. The van der Waals surface area contributed by atoms with Crippen LogP contribution in [0.3, 0.4) is 0 Å². The van der Waals surface area contributed by atoms with Crippen molar-refractivity contribution >= 4 is 26.5 Å². The predicted octanol–water partition coefficient (Wildman–Crippen LogP) is 4.82. The number of nitrogens with one attached hydrogen (secondary N) is 1. The highest BCUT2D eigenvalue weighted by Gasteiger charge is 2.15. The average molecular weight is 449 g/mol. The van der Waals surface area contributed by atoms with E-state index in [-0.39, 0.29) is 11.4 Å². The van der Waals surface area contributed by atoms with E-state index in [0.29, 0.717) is 17.5 Å². The number of fused-ring (bicyclic) bond motifs is 1. The summed E-state index contributed by atoms with van der Waals surface area (Å²) in [7, 11) is -2.01. The first-order valence-corrected chi connectivity index (χ1v) is 11.4. The highest BCUT2D eigenvalue weighted by molar-refractivity contribution is 7.95. The Morgan fingerprint density at radius 1 is 1.00 bits per heavy atom. The molecule has 0 aliphatic heterocycles. The van der Waals surface area contributed by atoms with Crippen LogP contribution in [0.4, 0.5) is 10.1 Å². The van der Waals surface area contributed by atoms with Gasteiger partial charge in [-0.1, -0.05) is 43.0 Å². The third-order valence-electron chi connectivity index (χ3n) is 5.28. The summed E-state index contributed by atoms with van der Waals surface area (Å²) < 4.78 is 41.4. The lowest BCUT2D eigenvalue weighted by Gasteiger charge is -2.16. The highest BCUT2D eigenvalue weighted by Crippen LogP contribution is 2.33. The molecule has 0 spiro atoms. The summed E-state index contributed by atoms with van der Waals surface area (Å²) >= 11 is 0. The largest absolute Gasteiger partial charge is 0.317 e. The Bertz CT molecular complexity index is 1490. The van der Waals surface area contributed by atoms with E-state index in [9.17, 15) is 17.6 Å². The van der Waals surface area contributed by atoms with Gasteiger partial charge in [0.05, 0.1) is 0 Å². The van der Waals surface area contributed by atoms with E-state index in [1.807, 2.05) is 24.3 Å². The van der Waals surface area contributed by atoms with Crippen LogP contribution in [-0.4, -0.2) is 13.0 Å². The molecule has 0 unspecified atom stereocenters. The quantitative estimate of drug-likeness (QED) is 0.460. The monoisotopic (exact) mass is 448 g/mol. The number of anilines is 1. The highest BCUT2D eigenvalue weighted by atomic mass is 32.2. The molecule has 0 amide bonds. The molecule has 4 aromatic rings. The number of aromatic nitrogens is 1. The fourth-order valence-corrected chi connectivity index (χ4v) is 4.24. The van der Waals surface area contributed by atoms with Gasteiger partial charge < -0.3 is 4.57 Å². The van der Waals surface area contributed by atoms with Crippen molar-refractivity contribution in [2.45, 2.75) is 6.42 Å². The molecule has 32 heavy (non-hydrogen) atoms. The molecular weight excluding hydrogens is 427 g/mol. The van der Waals surface area contributed by atoms with Gasteiger partial charge in [0, 0.05) is 35.3 Å². The fourth-order valence-electron chi connectivity index (χ4n) is 3.70. The van der Waals surface area contributed by atoms with Crippen LogP contribution in [0.2, 0.25) is 0 Å². The first-order valence-electron chi connectivity index (χ1n) is 9.89. The minimum atomic E-state index is -3.69. The zero-order valence-electron chi connectivity index (χ0n) is 17.4. The molecule has 3 aromatic carbocycles. The van der Waals surface area contributed by atoms with E-state index in [2.05, 4.69) is 11.3 Å². The smallest absolute Gasteiger partial charge is 0.258 e. The Morgan fingerprint density at radius 2 is 1.69 bits per heavy atom. The van der Waals surface area contributed by atoms with Crippen LogP contribution >= 0.6 is 0 Å². The number of nitrogens with zero attached hydrogens (tertiary/aromatic N) is 1. The lowest BCUT2D eigenvalue weighted by atomic mass is 9.92. The first-order chi connectivity index (χ1) is 15.3. The number of halogens is 1. The van der Waals surface area contributed by atoms with Crippen molar-refractivity contribution < 1.29 is 12.8 Å². The van der Waals surface area contributed by atoms with Crippen molar-refractivity contribution in [2.75, 3.05) is 4.72 Å². The molecule has 5 nitrogen and oxygen atoms in total. The molecule has 4 rings (SSSR count). The van der Waals surface area contributed by atoms with Crippen LogP contribution in [0.25, 0.3) is 21.9 Å². The number of sulfonamides is 1. The van der Waals surface area contributed by atoms with Crippen molar-refractivity contribution in [3.63, 3.8) is 0 Å². The van der Waals surface area contributed by atoms with E-state index < -0.39 is 10.0 Å². The lowest BCUT2D eigenvalue weighted by molar-refractivity contribution is 0.609. The molecule has 0 radical (unpaired) electrons. The summed E-state index contributed by atoms with van der Waals surface area (Å²) in [6.07, 6.45) is 2.25. The molecular formula is C25H21FN2O3S. The van der Waals surface area contributed by atoms with Gasteiger partial charge in [-0.2, -0.15) is 0 Å². The van der Waals surface area contributed by atoms with Gasteiger partial charge in [-0.3, -0.25) is 9.52 Å². The Kier molecular flexibility index (Phi) is 5.67. The molecule has 1 heterocycles. The van der Waals surface area contributed by atoms with Crippen LogP contribution in [0.1, 0.15) is 11.1 Å². The van der Waals surface area contributed by atoms with Gasteiger partial charge >= 0.3 is 0 Å². The van der Waals surface area contributed by atoms with E-state index in [1.54, 1.807) is 43.6 Å². The summed E-state index contributed by atoms with van der Waals surface area (Å²) in [5.41, 5.74) is 3.63. The summed E-state index contributed by atoms with van der Waals surface area (Å²) in [5, 5.41) is 2.18. The SMILES string of the molecule is C=CS(=O)(=O)Nc1ccc(Cc2ccc(F)cc2)c(-c2cn(C)c(=O)c3ccccc23)c1. The number of hydrogen-bond acceptors (Lipinski definition) is 3. The molecule has 0 aliphatic carbocycles. The second-order valence-corrected chi connectivity index (χ2v) is 9.12. The molecule has 0 saturated carbocycles. The van der Waals surface area contributed by atoms with Gasteiger partial charge in [0.15, 0.2) is 0 Å². The zero-order valence-corrected chi connectivity index (χ0v) is 18.2. The van der Waals surface area contributed by atoms with Gasteiger partial charge in [-0.05, 0) is 58.8 Å². The molecule has 1 N–H and O–H groups in total. The number of aryl methyl sites for hydroxylation is 1. The van der Waals surface area contributed by atoms with Gasteiger partial charge in [-0.15, -0.1) is 0 Å². The van der Waals surface area contributed by atoms with Gasteiger partial charge in [-0.25, -0.2) is 12.8 Å². The second-order valence-electron chi connectivity index (χ2n) is 7.49. The van der Waals surface area contributed by atoms with Crippen LogP contribution in [0.15, 0.2) is 89.7 Å². The van der Waals surface area contributed by atoms with Crippen molar-refractivity contribution in [3.8, 4) is 11.1 Å². The molecule has 1 aromatic heterocycles. The topological polar surface area (TPSA) is 68.2 Å². The van der Waals surface area contributed by atoms with Crippen LogP contribution in [-0.2, 0) is 23.5 Å². The van der Waals surface area contributed by atoms with Gasteiger partial charge in [0.1, 0.15) is 5.82 Å². The van der Waals surface area contributed by atoms with Crippen LogP contribution in [0.5, 0.6) is 0 Å². The number of benzene rings is 3. The molecule has 0 bridgehead atoms. The van der Waals surface area contributed by atoms with Crippen molar-refractivity contribution in [3.05, 3.63) is 112 Å². The normalized spacial score (nSPS) is 11.4. The lowest BCUT2D eigenvalue weighted by Crippen LogP contribution is -2.16. The fraction of sp³-hybridized carbons (Fsp3) is 0.0800. The minimum absolute atomic E-state index is 0.118. The summed E-state index contributed by atoms with van der Waals surface area (Å²) in [6.45, 7) is 3.33. The van der Waals surface area contributed by atoms with Crippen LogP contribution < -0.4 is 10.3 Å². The Morgan fingerprint density at radius 3 is 2.38 bits per heavy atom. The third kappa shape index (κ3) is 4.33. The van der Waals surface area contributed by atoms with E-state index in [0.717, 1.165) is 33.0 Å². The summed E-state index contributed by atoms with van der Waals surface area (Å²) in [4.78, 5) is 12.6.